The molecule has 1 aliphatic rings. The van der Waals surface area contributed by atoms with Crippen LogP contribution in [0.3, 0.4) is 0 Å². The summed E-state index contributed by atoms with van der Waals surface area (Å²) in [7, 11) is 0. The molecule has 0 amide bonds. The van der Waals surface area contributed by atoms with Gasteiger partial charge in [-0.05, 0) is 26.0 Å². The fourth-order valence-electron chi connectivity index (χ4n) is 3.47. The maximum Gasteiger partial charge on any atom is 0.308 e. The van der Waals surface area contributed by atoms with E-state index in [1.165, 1.54) is 0 Å². The minimum atomic E-state index is -1.29. The van der Waals surface area contributed by atoms with Gasteiger partial charge in [-0.15, -0.1) is 0 Å². The molecule has 2 rings (SSSR count). The van der Waals surface area contributed by atoms with Gasteiger partial charge in [-0.2, -0.15) is 0 Å². The van der Waals surface area contributed by atoms with Crippen LogP contribution in [0.4, 0.5) is 0 Å². The molecule has 1 saturated heterocycles. The van der Waals surface area contributed by atoms with Crippen LogP contribution in [0.15, 0.2) is 17.1 Å². The van der Waals surface area contributed by atoms with Gasteiger partial charge >= 0.3 is 17.9 Å². The highest BCUT2D eigenvalue weighted by Crippen LogP contribution is 2.44. The van der Waals surface area contributed by atoms with Crippen LogP contribution >= 0.6 is 0 Å². The third-order valence-corrected chi connectivity index (χ3v) is 5.67. The van der Waals surface area contributed by atoms with Crippen LogP contribution in [0.1, 0.15) is 72.9 Å². The molecule has 35 heavy (non-hydrogen) atoms. The number of nitrogens with one attached hydrogen (secondary N) is 2. The van der Waals surface area contributed by atoms with Crippen LogP contribution in [-0.4, -0.2) is 59.4 Å². The number of esters is 3. The maximum absolute atomic E-state index is 12.6. The molecule has 1 aliphatic heterocycles. The van der Waals surface area contributed by atoms with Gasteiger partial charge in [-0.1, -0.05) is 41.5 Å². The molecule has 0 radical (unpaired) electrons. The summed E-state index contributed by atoms with van der Waals surface area (Å²) in [5, 5.41) is 7.20. The average molecular weight is 492 g/mol. The standard InChI is InChI=1S/C25H37N3O7/c1-13(2)22(29)32-11-25(8)21(34-24(31)15(5)6)20(33-23(30)14(3)4)19(35-25)18-10-9-17(28-18)16(7)27-12-26/h9-10,12-15,19-21,26,28H,11H2,1-8H3/t19-,20-,21-,25+/m0/s1. The second kappa shape index (κ2) is 11.6. The summed E-state index contributed by atoms with van der Waals surface area (Å²) in [4.78, 5) is 44.7. The quantitative estimate of drug-likeness (QED) is 0.220. The molecule has 0 spiro atoms. The van der Waals surface area contributed by atoms with Crippen molar-refractivity contribution in [3.05, 3.63) is 23.5 Å². The number of ether oxygens (including phenoxy) is 4. The highest BCUT2D eigenvalue weighted by Gasteiger charge is 2.58. The Kier molecular flexibility index (Phi) is 9.37. The summed E-state index contributed by atoms with van der Waals surface area (Å²) >= 11 is 0. The van der Waals surface area contributed by atoms with E-state index in [1.807, 2.05) is 0 Å². The number of rotatable bonds is 10. The lowest BCUT2D eigenvalue weighted by molar-refractivity contribution is -0.180. The van der Waals surface area contributed by atoms with Crippen molar-refractivity contribution in [2.45, 2.75) is 79.3 Å². The molecule has 1 fully saturated rings. The molecule has 10 heteroatoms. The number of nitrogens with zero attached hydrogens (tertiary/aromatic N) is 1. The van der Waals surface area contributed by atoms with E-state index in [9.17, 15) is 14.4 Å². The minimum Gasteiger partial charge on any atom is -0.462 e. The lowest BCUT2D eigenvalue weighted by Crippen LogP contribution is -2.49. The number of aromatic nitrogens is 1. The van der Waals surface area contributed by atoms with Crippen molar-refractivity contribution in [2.75, 3.05) is 6.61 Å². The third-order valence-electron chi connectivity index (χ3n) is 5.67. The van der Waals surface area contributed by atoms with Crippen molar-refractivity contribution >= 4 is 30.0 Å². The summed E-state index contributed by atoms with van der Waals surface area (Å²) in [6.07, 6.45) is -1.93. The summed E-state index contributed by atoms with van der Waals surface area (Å²) in [6, 6.07) is 3.53. The molecule has 2 N–H and O–H groups in total. The molecule has 4 atom stereocenters. The van der Waals surface area contributed by atoms with E-state index in [1.54, 1.807) is 67.5 Å². The van der Waals surface area contributed by atoms with E-state index >= 15 is 0 Å². The Balaban J connectivity index is 2.52. The van der Waals surface area contributed by atoms with E-state index in [0.717, 1.165) is 6.34 Å². The van der Waals surface area contributed by atoms with E-state index < -0.39 is 53.7 Å². The lowest BCUT2D eigenvalue weighted by atomic mass is 9.95. The molecule has 0 aliphatic carbocycles. The Morgan fingerprint density at radius 1 is 1.06 bits per heavy atom. The molecule has 0 aromatic carbocycles. The zero-order valence-corrected chi connectivity index (χ0v) is 21.7. The maximum atomic E-state index is 12.6. The monoisotopic (exact) mass is 491 g/mol. The fraction of sp³-hybridized carbons (Fsp3) is 0.640. The summed E-state index contributed by atoms with van der Waals surface area (Å²) in [6.45, 7) is 13.4. The largest absolute Gasteiger partial charge is 0.462 e. The Hall–Kier alpha value is -3.01. The first-order chi connectivity index (χ1) is 16.3. The topological polar surface area (TPSA) is 140 Å². The van der Waals surface area contributed by atoms with Crippen molar-refractivity contribution in [2.24, 2.45) is 22.7 Å². The first-order valence-corrected chi connectivity index (χ1v) is 11.8. The second-order valence-corrected chi connectivity index (χ2v) is 9.85. The van der Waals surface area contributed by atoms with Crippen molar-refractivity contribution in [1.29, 1.82) is 5.41 Å². The van der Waals surface area contributed by atoms with E-state index in [2.05, 4.69) is 9.98 Å². The predicted octanol–water partition coefficient (Wildman–Crippen LogP) is 3.60. The Labute approximate surface area is 206 Å². The highest BCUT2D eigenvalue weighted by atomic mass is 16.7. The molecule has 0 unspecified atom stereocenters. The summed E-state index contributed by atoms with van der Waals surface area (Å²) < 4.78 is 23.5. The molecular formula is C25H37N3O7. The van der Waals surface area contributed by atoms with E-state index in [-0.39, 0.29) is 12.5 Å². The van der Waals surface area contributed by atoms with Crippen LogP contribution in [-0.2, 0) is 33.3 Å². The molecule has 0 saturated carbocycles. The zero-order valence-electron chi connectivity index (χ0n) is 21.7. The summed E-state index contributed by atoms with van der Waals surface area (Å²) in [5.74, 6) is -2.62. The number of H-pyrrole nitrogens is 1. The van der Waals surface area contributed by atoms with Gasteiger partial charge in [0.15, 0.2) is 12.2 Å². The zero-order chi connectivity index (χ0) is 26.5. The van der Waals surface area contributed by atoms with Gasteiger partial charge in [0, 0.05) is 5.69 Å². The lowest BCUT2D eigenvalue weighted by Gasteiger charge is -2.31. The van der Waals surface area contributed by atoms with Crippen LogP contribution < -0.4 is 0 Å². The Bertz CT molecular complexity index is 966. The Morgan fingerprint density at radius 3 is 2.17 bits per heavy atom. The van der Waals surface area contributed by atoms with Crippen LogP contribution in [0, 0.1) is 23.2 Å². The van der Waals surface area contributed by atoms with Crippen LogP contribution in [0.5, 0.6) is 0 Å². The second-order valence-electron chi connectivity index (χ2n) is 9.85. The van der Waals surface area contributed by atoms with Crippen molar-refractivity contribution in [3.8, 4) is 0 Å². The first-order valence-electron chi connectivity index (χ1n) is 11.8. The first kappa shape index (κ1) is 28.2. The van der Waals surface area contributed by atoms with Crippen molar-refractivity contribution in [1.82, 2.24) is 4.98 Å². The SMILES string of the molecule is CC(=NC=N)c1ccc([C@@H]2O[C@](C)(COC(=O)C(C)C)[C@@H](OC(=O)C(C)C)[C@H]2OC(=O)C(C)C)[nH]1. The van der Waals surface area contributed by atoms with Crippen molar-refractivity contribution < 1.29 is 33.3 Å². The number of hydrogen-bond acceptors (Lipinski definition) is 8. The number of aromatic amines is 1. The van der Waals surface area contributed by atoms with Gasteiger partial charge in [-0.3, -0.25) is 19.8 Å². The molecule has 10 nitrogen and oxygen atoms in total. The average Bonchev–Trinajstić information content (AvgIpc) is 3.37. The molecular weight excluding hydrogens is 454 g/mol. The summed E-state index contributed by atoms with van der Waals surface area (Å²) in [5.41, 5.74) is 0.504. The van der Waals surface area contributed by atoms with Crippen LogP contribution in [0.25, 0.3) is 0 Å². The van der Waals surface area contributed by atoms with Crippen LogP contribution in [0.2, 0.25) is 0 Å². The molecule has 0 bridgehead atoms. The molecule has 1 aromatic rings. The molecule has 2 heterocycles. The smallest absolute Gasteiger partial charge is 0.308 e. The van der Waals surface area contributed by atoms with Gasteiger partial charge in [0.25, 0.3) is 0 Å². The normalized spacial score (nSPS) is 24.7. The number of aliphatic imine (C=N–C) groups is 1. The van der Waals surface area contributed by atoms with Gasteiger partial charge < -0.3 is 23.9 Å². The fourth-order valence-corrected chi connectivity index (χ4v) is 3.47. The Morgan fingerprint density at radius 2 is 1.63 bits per heavy atom. The number of carbonyl (C=O) groups is 3. The predicted molar refractivity (Wildman–Crippen MR) is 129 cm³/mol. The minimum absolute atomic E-state index is 0.200. The number of carbonyl (C=O) groups excluding carboxylic acids is 3. The molecule has 1 aromatic heterocycles. The third kappa shape index (κ3) is 6.78. The van der Waals surface area contributed by atoms with E-state index in [4.69, 9.17) is 24.4 Å². The van der Waals surface area contributed by atoms with Gasteiger partial charge in [0.2, 0.25) is 0 Å². The van der Waals surface area contributed by atoms with Gasteiger partial charge in [-0.25, -0.2) is 4.99 Å². The van der Waals surface area contributed by atoms with E-state index in [0.29, 0.717) is 17.1 Å². The highest BCUT2D eigenvalue weighted by molar-refractivity contribution is 6.00. The van der Waals surface area contributed by atoms with Gasteiger partial charge in [0.05, 0.1) is 29.2 Å². The number of hydrogen-bond donors (Lipinski definition) is 2. The molecule has 194 valence electrons. The van der Waals surface area contributed by atoms with Gasteiger partial charge in [0.1, 0.15) is 24.7 Å². The van der Waals surface area contributed by atoms with Crippen molar-refractivity contribution in [3.63, 3.8) is 0 Å².